The molecule has 18 heavy (non-hydrogen) atoms. The second-order valence-electron chi connectivity index (χ2n) is 3.66. The van der Waals surface area contributed by atoms with Gasteiger partial charge < -0.3 is 10.0 Å². The van der Waals surface area contributed by atoms with Gasteiger partial charge >= 0.3 is 0 Å². The van der Waals surface area contributed by atoms with Crippen molar-refractivity contribution in [1.29, 1.82) is 0 Å². The van der Waals surface area contributed by atoms with E-state index in [0.29, 0.717) is 22.0 Å². The largest absolute Gasteiger partial charge is 0.508 e. The Hall–Kier alpha value is -0.636. The van der Waals surface area contributed by atoms with Crippen molar-refractivity contribution in [2.75, 3.05) is 7.05 Å². The maximum atomic E-state index is 13.7. The van der Waals surface area contributed by atoms with Crippen molar-refractivity contribution in [2.24, 2.45) is 0 Å². The molecule has 1 aromatic carbocycles. The van der Waals surface area contributed by atoms with E-state index < -0.39 is 5.82 Å². The molecule has 1 heterocycles. The number of phenols is 1. The molecule has 1 aromatic rings. The van der Waals surface area contributed by atoms with Gasteiger partial charge in [-0.15, -0.1) is 6.07 Å². The standard InChI is InChI=1S/C13H10ClFNO.Y/c1-8-11(14)5-6-13(16(8)2)10-4-3-9(17)7-12(10)15;/h3-5,7,17H,1H2,2H3;/q-1;. The molecule has 1 aliphatic rings. The second kappa shape index (κ2) is 6.00. The maximum absolute atomic E-state index is 13.7. The zero-order chi connectivity index (χ0) is 12.6. The van der Waals surface area contributed by atoms with Crippen molar-refractivity contribution < 1.29 is 42.2 Å². The Morgan fingerprint density at radius 1 is 1.44 bits per heavy atom. The first kappa shape index (κ1) is 15.4. The van der Waals surface area contributed by atoms with Crippen molar-refractivity contribution in [3.8, 4) is 5.75 Å². The number of hydrogen-bond donors (Lipinski definition) is 1. The summed E-state index contributed by atoms with van der Waals surface area (Å²) in [5, 5.41) is 9.63. The summed E-state index contributed by atoms with van der Waals surface area (Å²) in [6.07, 6.45) is 4.44. The van der Waals surface area contributed by atoms with Gasteiger partial charge in [0, 0.05) is 45.8 Å². The van der Waals surface area contributed by atoms with Crippen molar-refractivity contribution in [3.63, 3.8) is 0 Å². The minimum Gasteiger partial charge on any atom is -0.508 e. The summed E-state index contributed by atoms with van der Waals surface area (Å²) in [7, 11) is 1.73. The average Bonchev–Trinajstić information content (AvgIpc) is 2.28. The summed E-state index contributed by atoms with van der Waals surface area (Å²) in [5.41, 5.74) is 1.44. The van der Waals surface area contributed by atoms with E-state index in [1.54, 1.807) is 18.0 Å². The molecular formula is C13H10ClFNOY-. The van der Waals surface area contributed by atoms with Gasteiger partial charge in [-0.25, -0.2) is 4.39 Å². The molecule has 2 nitrogen and oxygen atoms in total. The number of likely N-dealkylation sites (N-methyl/N-ethyl adjacent to an activating group) is 1. The first-order valence-electron chi connectivity index (χ1n) is 4.91. The number of benzene rings is 1. The van der Waals surface area contributed by atoms with Crippen LogP contribution in [-0.4, -0.2) is 17.1 Å². The van der Waals surface area contributed by atoms with E-state index >= 15 is 0 Å². The molecule has 91 valence electrons. The molecule has 0 unspecified atom stereocenters. The first-order chi connectivity index (χ1) is 8.00. The normalized spacial score (nSPS) is 14.8. The van der Waals surface area contributed by atoms with Crippen LogP contribution < -0.4 is 0 Å². The number of nitrogens with zero attached hydrogens (tertiary/aromatic N) is 1. The minimum absolute atomic E-state index is 0. The summed E-state index contributed by atoms with van der Waals surface area (Å²) in [4.78, 5) is 1.65. The Kier molecular flexibility index (Phi) is 5.14. The number of phenolic OH excluding ortho intramolecular Hbond substituents is 1. The Labute approximate surface area is 135 Å². The molecule has 1 aliphatic heterocycles. The smallest absolute Gasteiger partial charge is 0.116 e. The van der Waals surface area contributed by atoms with Crippen LogP contribution in [0.3, 0.4) is 0 Å². The van der Waals surface area contributed by atoms with Crippen LogP contribution in [0.1, 0.15) is 5.56 Å². The van der Waals surface area contributed by atoms with Crippen LogP contribution in [0.2, 0.25) is 0 Å². The van der Waals surface area contributed by atoms with Gasteiger partial charge in [-0.1, -0.05) is 17.8 Å². The fraction of sp³-hybridized carbons (Fsp3) is 0.0769. The minimum atomic E-state index is -0.515. The predicted molar refractivity (Wildman–Crippen MR) is 65.6 cm³/mol. The third kappa shape index (κ3) is 2.85. The van der Waals surface area contributed by atoms with Crippen molar-refractivity contribution in [3.05, 3.63) is 59.0 Å². The summed E-state index contributed by atoms with van der Waals surface area (Å²) in [5.74, 6) is -0.628. The third-order valence-corrected chi connectivity index (χ3v) is 2.89. The zero-order valence-electron chi connectivity index (χ0n) is 9.74. The fourth-order valence-electron chi connectivity index (χ4n) is 1.56. The van der Waals surface area contributed by atoms with E-state index in [-0.39, 0.29) is 38.5 Å². The van der Waals surface area contributed by atoms with E-state index in [0.717, 1.165) is 6.07 Å². The van der Waals surface area contributed by atoms with Gasteiger partial charge in [0.05, 0.1) is 5.82 Å². The second-order valence-corrected chi connectivity index (χ2v) is 4.06. The number of aromatic hydroxyl groups is 1. The molecule has 0 aromatic heterocycles. The molecular weight excluding hydrogens is 330 g/mol. The zero-order valence-corrected chi connectivity index (χ0v) is 13.3. The molecule has 0 amide bonds. The van der Waals surface area contributed by atoms with Gasteiger partial charge in [-0.2, -0.15) is 23.8 Å². The molecule has 5 heteroatoms. The molecule has 1 N–H and O–H groups in total. The van der Waals surface area contributed by atoms with E-state index in [1.165, 1.54) is 12.1 Å². The summed E-state index contributed by atoms with van der Waals surface area (Å²) < 4.78 is 13.7. The van der Waals surface area contributed by atoms with Gasteiger partial charge in [0.15, 0.2) is 0 Å². The molecule has 0 saturated heterocycles. The SMILES string of the molecule is C=C1C(Cl)=C[C-]=C(c2ccc(O)cc2F)N1C.[Y]. The van der Waals surface area contributed by atoms with Crippen LogP contribution in [0.25, 0.3) is 5.70 Å². The number of allylic oxidation sites excluding steroid dienone is 3. The molecule has 0 spiro atoms. The number of rotatable bonds is 1. The van der Waals surface area contributed by atoms with Gasteiger partial charge in [-0.05, 0) is 16.8 Å². The number of hydrogen-bond acceptors (Lipinski definition) is 2. The van der Waals surface area contributed by atoms with Crippen LogP contribution >= 0.6 is 11.6 Å². The van der Waals surface area contributed by atoms with E-state index in [2.05, 4.69) is 12.7 Å². The molecule has 2 rings (SSSR count). The third-order valence-electron chi connectivity index (χ3n) is 2.56. The van der Waals surface area contributed by atoms with Crippen LogP contribution in [0.15, 0.2) is 41.6 Å². The van der Waals surface area contributed by atoms with E-state index in [1.807, 2.05) is 0 Å². The molecule has 0 aliphatic carbocycles. The van der Waals surface area contributed by atoms with Crippen molar-refractivity contribution >= 4 is 17.3 Å². The number of halogens is 2. The molecule has 0 atom stereocenters. The van der Waals surface area contributed by atoms with Crippen LogP contribution in [0.4, 0.5) is 4.39 Å². The summed E-state index contributed by atoms with van der Waals surface area (Å²) in [6, 6.07) is 3.97. The molecule has 0 saturated carbocycles. The summed E-state index contributed by atoms with van der Waals surface area (Å²) in [6.45, 7) is 3.79. The van der Waals surface area contributed by atoms with Gasteiger partial charge in [0.25, 0.3) is 0 Å². The Balaban J connectivity index is 0.00000162. The summed E-state index contributed by atoms with van der Waals surface area (Å²) >= 11 is 5.89. The monoisotopic (exact) mass is 339 g/mol. The average molecular weight is 340 g/mol. The van der Waals surface area contributed by atoms with Crippen molar-refractivity contribution in [1.82, 2.24) is 4.90 Å². The topological polar surface area (TPSA) is 23.5 Å². The Bertz CT molecular complexity index is 554. The molecule has 0 bridgehead atoms. The van der Waals surface area contributed by atoms with E-state index in [4.69, 9.17) is 16.7 Å². The van der Waals surface area contributed by atoms with Gasteiger partial charge in [0.2, 0.25) is 0 Å². The Morgan fingerprint density at radius 3 is 2.72 bits per heavy atom. The fourth-order valence-corrected chi connectivity index (χ4v) is 1.74. The van der Waals surface area contributed by atoms with E-state index in [9.17, 15) is 4.39 Å². The van der Waals surface area contributed by atoms with Crippen LogP contribution in [0.5, 0.6) is 5.75 Å². The predicted octanol–water partition coefficient (Wildman–Crippen LogP) is 3.25. The van der Waals surface area contributed by atoms with Gasteiger partial charge in [-0.3, -0.25) is 0 Å². The molecule has 0 fully saturated rings. The van der Waals surface area contributed by atoms with Crippen LogP contribution in [0, 0.1) is 11.9 Å². The first-order valence-corrected chi connectivity index (χ1v) is 5.29. The van der Waals surface area contributed by atoms with Crippen LogP contribution in [-0.2, 0) is 32.7 Å². The van der Waals surface area contributed by atoms with Crippen molar-refractivity contribution in [2.45, 2.75) is 0 Å². The maximum Gasteiger partial charge on any atom is 0.116 e. The molecule has 1 radical (unpaired) electrons. The van der Waals surface area contributed by atoms with Gasteiger partial charge in [0.1, 0.15) is 5.75 Å². The Morgan fingerprint density at radius 2 is 2.11 bits per heavy atom. The quantitative estimate of drug-likeness (QED) is 0.794.